The van der Waals surface area contributed by atoms with E-state index in [-0.39, 0.29) is 37.9 Å². The fourth-order valence-corrected chi connectivity index (χ4v) is 2.69. The van der Waals surface area contributed by atoms with Crippen molar-refractivity contribution in [2.45, 2.75) is 45.9 Å². The van der Waals surface area contributed by atoms with E-state index >= 15 is 0 Å². The van der Waals surface area contributed by atoms with Crippen molar-refractivity contribution >= 4 is 23.9 Å². The van der Waals surface area contributed by atoms with Crippen LogP contribution in [0.5, 0.6) is 0 Å². The zero-order valence-electron chi connectivity index (χ0n) is 18.3. The van der Waals surface area contributed by atoms with E-state index in [2.05, 4.69) is 10.6 Å². The second-order valence-electron chi connectivity index (χ2n) is 7.67. The van der Waals surface area contributed by atoms with Gasteiger partial charge in [-0.3, -0.25) is 9.69 Å². The molecule has 10 heteroatoms. The summed E-state index contributed by atoms with van der Waals surface area (Å²) in [6, 6.07) is 6.84. The molecule has 0 heterocycles. The summed E-state index contributed by atoms with van der Waals surface area (Å²) < 4.78 is 5.16. The quantitative estimate of drug-likeness (QED) is 0.227. The van der Waals surface area contributed by atoms with Crippen molar-refractivity contribution in [1.29, 1.82) is 0 Å². The average molecular weight is 437 g/mol. The van der Waals surface area contributed by atoms with Gasteiger partial charge in [0.05, 0.1) is 6.54 Å². The third-order valence-corrected chi connectivity index (χ3v) is 4.31. The largest absolute Gasteiger partial charge is 0.478 e. The lowest BCUT2D eigenvalue weighted by atomic mass is 10.1. The van der Waals surface area contributed by atoms with Gasteiger partial charge in [0.25, 0.3) is 0 Å². The number of nitrogens with one attached hydrogen (secondary N) is 2. The van der Waals surface area contributed by atoms with Crippen LogP contribution < -0.4 is 10.6 Å². The molecule has 4 N–H and O–H groups in total. The Morgan fingerprint density at radius 3 is 2.29 bits per heavy atom. The number of urea groups is 1. The van der Waals surface area contributed by atoms with Crippen LogP contribution in [0.2, 0.25) is 0 Å². The van der Waals surface area contributed by atoms with Gasteiger partial charge in [0.15, 0.2) is 0 Å². The molecule has 2 atom stereocenters. The highest BCUT2D eigenvalue weighted by Gasteiger charge is 2.42. The predicted molar refractivity (Wildman–Crippen MR) is 112 cm³/mol. The first-order valence-corrected chi connectivity index (χ1v) is 9.94. The summed E-state index contributed by atoms with van der Waals surface area (Å²) in [7, 11) is 0. The maximum atomic E-state index is 12.9. The van der Waals surface area contributed by atoms with Gasteiger partial charge in [-0.1, -0.05) is 44.2 Å². The Kier molecular flexibility index (Phi) is 9.94. The monoisotopic (exact) mass is 437 g/mol. The summed E-state index contributed by atoms with van der Waals surface area (Å²) >= 11 is 0. The Hall–Kier alpha value is -3.14. The van der Waals surface area contributed by atoms with Crippen LogP contribution in [-0.2, 0) is 25.5 Å². The molecule has 0 bridgehead atoms. The van der Waals surface area contributed by atoms with Crippen molar-refractivity contribution in [2.24, 2.45) is 5.92 Å². The molecule has 1 aromatic rings. The number of amides is 3. The molecule has 2 unspecified atom stereocenters. The molecule has 0 saturated heterocycles. The molecule has 0 radical (unpaired) electrons. The van der Waals surface area contributed by atoms with E-state index in [0.29, 0.717) is 0 Å². The molecule has 0 spiro atoms. The van der Waals surface area contributed by atoms with Crippen molar-refractivity contribution in [2.75, 3.05) is 19.7 Å². The summed E-state index contributed by atoms with van der Waals surface area (Å²) in [5.74, 6) is -2.76. The fraction of sp³-hybridized carbons (Fsp3) is 0.524. The topological polar surface area (TPSA) is 145 Å². The third-order valence-electron chi connectivity index (χ3n) is 4.31. The Bertz CT molecular complexity index is 765. The summed E-state index contributed by atoms with van der Waals surface area (Å²) in [6.45, 7) is 5.81. The van der Waals surface area contributed by atoms with Crippen LogP contribution in [0.15, 0.2) is 30.3 Å². The lowest BCUT2D eigenvalue weighted by molar-refractivity contribution is -0.173. The Morgan fingerprint density at radius 1 is 1.16 bits per heavy atom. The van der Waals surface area contributed by atoms with Gasteiger partial charge in [0.2, 0.25) is 11.6 Å². The second-order valence-corrected chi connectivity index (χ2v) is 7.67. The first-order valence-electron chi connectivity index (χ1n) is 9.94. The highest BCUT2D eigenvalue weighted by atomic mass is 16.5. The minimum absolute atomic E-state index is 0.0548. The number of carbonyl (C=O) groups is 4. The molecule has 0 saturated carbocycles. The predicted octanol–water partition coefficient (Wildman–Crippen LogP) is 0.738. The van der Waals surface area contributed by atoms with Crippen molar-refractivity contribution < 1.29 is 34.1 Å². The first-order chi connectivity index (χ1) is 14.4. The molecule has 1 aromatic carbocycles. The summed E-state index contributed by atoms with van der Waals surface area (Å²) in [5.41, 5.74) is -1.73. The Labute approximate surface area is 181 Å². The minimum atomic E-state index is -2.47. The average Bonchev–Trinajstić information content (AvgIpc) is 2.68. The molecule has 3 amide bonds. The van der Waals surface area contributed by atoms with Crippen LogP contribution in [-0.4, -0.2) is 70.5 Å². The van der Waals surface area contributed by atoms with Crippen molar-refractivity contribution in [3.8, 4) is 0 Å². The molecule has 0 aliphatic rings. The number of carboxylic acid groups (broad SMARTS) is 1. The first kappa shape index (κ1) is 25.9. The molecule has 0 aliphatic heterocycles. The van der Waals surface area contributed by atoms with Crippen LogP contribution in [0.4, 0.5) is 4.79 Å². The van der Waals surface area contributed by atoms with Crippen LogP contribution >= 0.6 is 0 Å². The minimum Gasteiger partial charge on any atom is -0.478 e. The van der Waals surface area contributed by atoms with Crippen LogP contribution in [0, 0.1) is 5.92 Å². The van der Waals surface area contributed by atoms with Crippen molar-refractivity contribution in [3.63, 3.8) is 0 Å². The number of nitrogens with zero attached hydrogens (tertiary/aromatic N) is 1. The van der Waals surface area contributed by atoms with E-state index in [1.54, 1.807) is 44.2 Å². The molecule has 0 aromatic heterocycles. The molecular weight excluding hydrogens is 406 g/mol. The second kappa shape index (κ2) is 11.9. The zero-order chi connectivity index (χ0) is 23.6. The van der Waals surface area contributed by atoms with Crippen LogP contribution in [0.3, 0.4) is 0 Å². The number of aliphatic carboxylic acids is 1. The maximum absolute atomic E-state index is 12.9. The molecule has 10 nitrogen and oxygen atoms in total. The van der Waals surface area contributed by atoms with Crippen LogP contribution in [0.1, 0.15) is 33.3 Å². The molecule has 1 rings (SSSR count). The summed E-state index contributed by atoms with van der Waals surface area (Å²) in [4.78, 5) is 48.7. The molecular formula is C21H31N3O7. The lowest BCUT2D eigenvalue weighted by Gasteiger charge is -2.35. The number of hydrogen-bond acceptors (Lipinski definition) is 6. The molecule has 0 aliphatic carbocycles. The van der Waals surface area contributed by atoms with Gasteiger partial charge < -0.3 is 25.6 Å². The highest BCUT2D eigenvalue weighted by Crippen LogP contribution is 2.16. The standard InChI is InChI=1S/C21H31N3O7/c1-14(2)13-24(21(4,30)19(27)28)20(29)23-17(12-16-8-6-5-7-9-16)18(26)31-11-10-22-15(3)25/h5-9,14,17,30H,10-13H2,1-4H3,(H,22,25)(H,23,29)(H,27,28). The Morgan fingerprint density at radius 2 is 1.77 bits per heavy atom. The number of rotatable bonds is 11. The van der Waals surface area contributed by atoms with Gasteiger partial charge in [-0.25, -0.2) is 14.4 Å². The van der Waals surface area contributed by atoms with Crippen molar-refractivity contribution in [3.05, 3.63) is 35.9 Å². The normalized spacial score (nSPS) is 13.6. The molecule has 172 valence electrons. The SMILES string of the molecule is CC(=O)NCCOC(=O)C(Cc1ccccc1)NC(=O)N(CC(C)C)C(C)(O)C(=O)O. The fourth-order valence-electron chi connectivity index (χ4n) is 2.69. The van der Waals surface area contributed by atoms with E-state index < -0.39 is 29.7 Å². The van der Waals surface area contributed by atoms with Gasteiger partial charge in [-0.15, -0.1) is 0 Å². The van der Waals surface area contributed by atoms with E-state index in [4.69, 9.17) is 4.74 Å². The van der Waals surface area contributed by atoms with Gasteiger partial charge in [-0.05, 0) is 18.4 Å². The van der Waals surface area contributed by atoms with E-state index in [9.17, 15) is 29.4 Å². The molecule has 0 fully saturated rings. The highest BCUT2D eigenvalue weighted by molar-refractivity contribution is 5.88. The lowest BCUT2D eigenvalue weighted by Crippen LogP contribution is -2.61. The number of ether oxygens (including phenoxy) is 1. The number of carboxylic acids is 1. The number of hydrogen-bond donors (Lipinski definition) is 4. The third kappa shape index (κ3) is 8.63. The zero-order valence-corrected chi connectivity index (χ0v) is 18.3. The summed E-state index contributed by atoms with van der Waals surface area (Å²) in [5, 5.41) is 24.7. The van der Waals surface area contributed by atoms with Gasteiger partial charge >= 0.3 is 18.0 Å². The number of benzene rings is 1. The van der Waals surface area contributed by atoms with E-state index in [1.165, 1.54) is 6.92 Å². The van der Waals surface area contributed by atoms with Gasteiger partial charge in [-0.2, -0.15) is 0 Å². The van der Waals surface area contributed by atoms with Crippen molar-refractivity contribution in [1.82, 2.24) is 15.5 Å². The van der Waals surface area contributed by atoms with E-state index in [0.717, 1.165) is 17.4 Å². The maximum Gasteiger partial charge on any atom is 0.357 e. The number of esters is 1. The molecule has 31 heavy (non-hydrogen) atoms. The van der Waals surface area contributed by atoms with Gasteiger partial charge in [0, 0.05) is 19.9 Å². The van der Waals surface area contributed by atoms with E-state index in [1.807, 2.05) is 0 Å². The summed E-state index contributed by atoms with van der Waals surface area (Å²) in [6.07, 6.45) is 0.0935. The Balaban J connectivity index is 3.01. The number of aliphatic hydroxyl groups is 1. The smallest absolute Gasteiger partial charge is 0.357 e. The van der Waals surface area contributed by atoms with Gasteiger partial charge in [0.1, 0.15) is 12.6 Å². The number of carbonyl (C=O) groups excluding carboxylic acids is 3. The van der Waals surface area contributed by atoms with Crippen LogP contribution in [0.25, 0.3) is 0 Å².